The second kappa shape index (κ2) is 6.45. The third kappa shape index (κ3) is 2.32. The van der Waals surface area contributed by atoms with E-state index in [1.165, 1.54) is 57.7 Å². The van der Waals surface area contributed by atoms with Crippen molar-refractivity contribution in [2.24, 2.45) is 0 Å². The van der Waals surface area contributed by atoms with Crippen LogP contribution in [0.15, 0.2) is 83.3 Å². The Kier molecular flexibility index (Phi) is 3.84. The maximum absolute atomic E-state index is 4.01. The molecular formula is C26H18BrNS. The van der Waals surface area contributed by atoms with Crippen molar-refractivity contribution in [3.8, 4) is 5.69 Å². The molecule has 6 aromatic rings. The summed E-state index contributed by atoms with van der Waals surface area (Å²) in [6.45, 7) is 2.26. The summed E-state index contributed by atoms with van der Waals surface area (Å²) in [7, 11) is 0. The molecule has 140 valence electrons. The molecule has 0 aliphatic carbocycles. The van der Waals surface area contributed by atoms with E-state index in [1.807, 2.05) is 11.3 Å². The second-order valence-corrected chi connectivity index (χ2v) is 9.21. The lowest BCUT2D eigenvalue weighted by Gasteiger charge is -2.11. The van der Waals surface area contributed by atoms with E-state index in [-0.39, 0.29) is 0 Å². The number of thiophene rings is 1. The molecule has 0 spiro atoms. The third-order valence-corrected chi connectivity index (χ3v) is 7.89. The second-order valence-electron chi connectivity index (χ2n) is 7.36. The minimum absolute atomic E-state index is 0.986. The number of halogens is 1. The van der Waals surface area contributed by atoms with Gasteiger partial charge in [0.1, 0.15) is 0 Å². The van der Waals surface area contributed by atoms with Gasteiger partial charge in [-0.15, -0.1) is 11.3 Å². The molecule has 0 fully saturated rings. The lowest BCUT2D eigenvalue weighted by atomic mass is 10.0. The predicted octanol–water partition coefficient (Wildman–Crippen LogP) is 8.48. The van der Waals surface area contributed by atoms with Gasteiger partial charge in [-0.2, -0.15) is 0 Å². The fourth-order valence-corrected chi connectivity index (χ4v) is 6.90. The average molecular weight is 456 g/mol. The van der Waals surface area contributed by atoms with Crippen LogP contribution in [-0.2, 0) is 6.42 Å². The Labute approximate surface area is 181 Å². The number of para-hydroxylation sites is 2. The minimum Gasteiger partial charge on any atom is -0.308 e. The molecule has 0 aliphatic rings. The van der Waals surface area contributed by atoms with E-state index in [4.69, 9.17) is 0 Å². The van der Waals surface area contributed by atoms with E-state index in [9.17, 15) is 0 Å². The van der Waals surface area contributed by atoms with Crippen LogP contribution in [0.3, 0.4) is 0 Å². The van der Waals surface area contributed by atoms with Crippen LogP contribution in [0, 0.1) is 0 Å². The van der Waals surface area contributed by atoms with Gasteiger partial charge in [0, 0.05) is 36.4 Å². The summed E-state index contributed by atoms with van der Waals surface area (Å²) in [6, 6.07) is 28.3. The van der Waals surface area contributed by atoms with Crippen molar-refractivity contribution in [3.63, 3.8) is 0 Å². The Morgan fingerprint density at radius 3 is 2.28 bits per heavy atom. The van der Waals surface area contributed by atoms with Crippen LogP contribution in [0.2, 0.25) is 0 Å². The first-order valence-corrected chi connectivity index (χ1v) is 11.5. The van der Waals surface area contributed by atoms with Gasteiger partial charge in [0.2, 0.25) is 0 Å². The van der Waals surface area contributed by atoms with Gasteiger partial charge >= 0.3 is 0 Å². The summed E-state index contributed by atoms with van der Waals surface area (Å²) >= 11 is 5.91. The van der Waals surface area contributed by atoms with Crippen molar-refractivity contribution in [1.29, 1.82) is 0 Å². The normalized spacial score (nSPS) is 11.9. The number of fused-ring (bicyclic) bond motifs is 7. The lowest BCUT2D eigenvalue weighted by molar-refractivity contribution is 1.15. The molecule has 0 bridgehead atoms. The Morgan fingerprint density at radius 1 is 0.793 bits per heavy atom. The summed E-state index contributed by atoms with van der Waals surface area (Å²) in [4.78, 5) is 0. The number of benzene rings is 4. The molecule has 29 heavy (non-hydrogen) atoms. The van der Waals surface area contributed by atoms with Crippen LogP contribution in [0.25, 0.3) is 47.7 Å². The van der Waals surface area contributed by atoms with Crippen LogP contribution in [0.4, 0.5) is 0 Å². The van der Waals surface area contributed by atoms with Gasteiger partial charge in [-0.3, -0.25) is 0 Å². The molecule has 0 atom stereocenters. The zero-order valence-corrected chi connectivity index (χ0v) is 18.3. The Hall–Kier alpha value is -2.62. The van der Waals surface area contributed by atoms with E-state index in [0.29, 0.717) is 0 Å². The minimum atomic E-state index is 0.986. The average Bonchev–Trinajstić information content (AvgIpc) is 3.31. The van der Waals surface area contributed by atoms with Gasteiger partial charge in [-0.1, -0.05) is 61.5 Å². The number of aryl methyl sites for hydroxylation is 1. The highest BCUT2D eigenvalue weighted by atomic mass is 79.9. The zero-order valence-electron chi connectivity index (χ0n) is 15.9. The van der Waals surface area contributed by atoms with E-state index in [1.54, 1.807) is 0 Å². The molecule has 2 heterocycles. The summed E-state index contributed by atoms with van der Waals surface area (Å²) in [5.74, 6) is 0. The number of hydrogen-bond donors (Lipinski definition) is 0. The van der Waals surface area contributed by atoms with Crippen molar-refractivity contribution in [3.05, 3.63) is 88.9 Å². The molecule has 0 radical (unpaired) electrons. The van der Waals surface area contributed by atoms with Gasteiger partial charge in [0.25, 0.3) is 0 Å². The molecule has 1 nitrogen and oxygen atoms in total. The first-order chi connectivity index (χ1) is 14.3. The Morgan fingerprint density at radius 2 is 1.48 bits per heavy atom. The fraction of sp³-hybridized carbons (Fsp3) is 0.0769. The fourth-order valence-electron chi connectivity index (χ4n) is 4.63. The summed E-state index contributed by atoms with van der Waals surface area (Å²) in [5.41, 5.74) is 5.19. The SMILES string of the molecule is CCc1c(Br)c2c3ccccc3sc2c2c1c1ccccc1n2-c1ccccc1. The molecular weight excluding hydrogens is 438 g/mol. The van der Waals surface area contributed by atoms with Gasteiger partial charge in [0.05, 0.1) is 15.7 Å². The summed E-state index contributed by atoms with van der Waals surface area (Å²) in [6.07, 6.45) is 0.986. The molecule has 0 saturated carbocycles. The van der Waals surface area contributed by atoms with Gasteiger partial charge in [-0.25, -0.2) is 0 Å². The molecule has 3 heteroatoms. The van der Waals surface area contributed by atoms with Crippen molar-refractivity contribution in [1.82, 2.24) is 4.57 Å². The smallest absolute Gasteiger partial charge is 0.0723 e. The molecule has 0 N–H and O–H groups in total. The van der Waals surface area contributed by atoms with Crippen LogP contribution < -0.4 is 0 Å². The van der Waals surface area contributed by atoms with E-state index < -0.39 is 0 Å². The largest absolute Gasteiger partial charge is 0.308 e. The molecule has 0 aliphatic heterocycles. The number of nitrogens with zero attached hydrogens (tertiary/aromatic N) is 1. The van der Waals surface area contributed by atoms with Gasteiger partial charge in [-0.05, 0) is 52.2 Å². The third-order valence-electron chi connectivity index (χ3n) is 5.84. The van der Waals surface area contributed by atoms with Crippen molar-refractivity contribution in [2.45, 2.75) is 13.3 Å². The molecule has 0 unspecified atom stereocenters. The topological polar surface area (TPSA) is 4.93 Å². The van der Waals surface area contributed by atoms with Crippen molar-refractivity contribution in [2.75, 3.05) is 0 Å². The molecule has 2 aromatic heterocycles. The van der Waals surface area contributed by atoms with Gasteiger partial charge < -0.3 is 4.57 Å². The van der Waals surface area contributed by atoms with Crippen molar-refractivity contribution < 1.29 is 0 Å². The molecule has 4 aromatic carbocycles. The van der Waals surface area contributed by atoms with E-state index >= 15 is 0 Å². The van der Waals surface area contributed by atoms with E-state index in [0.717, 1.165) is 6.42 Å². The lowest BCUT2D eigenvalue weighted by Crippen LogP contribution is -1.94. The van der Waals surface area contributed by atoms with Crippen LogP contribution in [0.5, 0.6) is 0 Å². The first kappa shape index (κ1) is 17.3. The van der Waals surface area contributed by atoms with Crippen LogP contribution in [0.1, 0.15) is 12.5 Å². The number of hydrogen-bond acceptors (Lipinski definition) is 1. The summed E-state index contributed by atoms with van der Waals surface area (Å²) < 4.78 is 6.39. The standard InChI is InChI=1S/C26H18BrNS/c1-2-17-22-18-12-6-8-14-20(18)28(16-10-4-3-5-11-16)25(22)26-23(24(17)27)19-13-7-9-15-21(19)29-26/h3-15H,2H2,1H3. The highest BCUT2D eigenvalue weighted by molar-refractivity contribution is 9.10. The molecule has 0 amide bonds. The number of aromatic nitrogens is 1. The monoisotopic (exact) mass is 455 g/mol. The highest BCUT2D eigenvalue weighted by Gasteiger charge is 2.23. The zero-order chi connectivity index (χ0) is 19.5. The van der Waals surface area contributed by atoms with Crippen molar-refractivity contribution >= 4 is 69.2 Å². The maximum atomic E-state index is 4.01. The Balaban J connectivity index is 1.99. The van der Waals surface area contributed by atoms with Crippen LogP contribution in [-0.4, -0.2) is 4.57 Å². The van der Waals surface area contributed by atoms with Crippen LogP contribution >= 0.6 is 27.3 Å². The highest BCUT2D eigenvalue weighted by Crippen LogP contribution is 2.48. The summed E-state index contributed by atoms with van der Waals surface area (Å²) in [5, 5.41) is 5.37. The predicted molar refractivity (Wildman–Crippen MR) is 131 cm³/mol. The Bertz CT molecular complexity index is 1540. The number of rotatable bonds is 2. The van der Waals surface area contributed by atoms with E-state index in [2.05, 4.69) is 106 Å². The van der Waals surface area contributed by atoms with Gasteiger partial charge in [0.15, 0.2) is 0 Å². The molecule has 6 rings (SSSR count). The first-order valence-electron chi connectivity index (χ1n) is 9.89. The quantitative estimate of drug-likeness (QED) is 0.246. The molecule has 0 saturated heterocycles. The maximum Gasteiger partial charge on any atom is 0.0723 e.